The van der Waals surface area contributed by atoms with Gasteiger partial charge in [0.05, 0.1) is 23.4 Å². The summed E-state index contributed by atoms with van der Waals surface area (Å²) in [6.07, 6.45) is 3.42. The van der Waals surface area contributed by atoms with Gasteiger partial charge in [-0.3, -0.25) is 9.78 Å². The van der Waals surface area contributed by atoms with Crippen LogP contribution in [0.25, 0.3) is 20.7 Å². The van der Waals surface area contributed by atoms with Crippen LogP contribution in [0.3, 0.4) is 0 Å². The Balaban J connectivity index is 1.97. The molecule has 154 valence electrons. The molecule has 0 spiro atoms. The zero-order valence-corrected chi connectivity index (χ0v) is 17.7. The molecule has 3 aromatic rings. The molecule has 3 heterocycles. The van der Waals surface area contributed by atoms with E-state index in [0.29, 0.717) is 11.3 Å². The largest absolute Gasteiger partial charge is 0.387 e. The Hall–Kier alpha value is -2.58. The molecule has 0 saturated carbocycles. The third-order valence-corrected chi connectivity index (χ3v) is 5.49. The van der Waals surface area contributed by atoms with Crippen LogP contribution in [0.15, 0.2) is 36.8 Å². The van der Waals surface area contributed by atoms with E-state index in [-0.39, 0.29) is 12.6 Å². The molecule has 3 N–H and O–H groups in total. The summed E-state index contributed by atoms with van der Waals surface area (Å²) in [5.74, 6) is -0.441. The third kappa shape index (κ3) is 4.89. The highest BCUT2D eigenvalue weighted by Crippen LogP contribution is 2.37. The summed E-state index contributed by atoms with van der Waals surface area (Å²) in [6, 6.07) is 5.91. The topological polar surface area (TPSA) is 87.1 Å². The summed E-state index contributed by atoms with van der Waals surface area (Å²) in [4.78, 5) is 23.1. The summed E-state index contributed by atoms with van der Waals surface area (Å²) < 4.78 is 14.0. The van der Waals surface area contributed by atoms with Gasteiger partial charge in [0.15, 0.2) is 0 Å². The maximum atomic E-state index is 14.0. The van der Waals surface area contributed by atoms with Crippen molar-refractivity contribution in [3.05, 3.63) is 42.4 Å². The Morgan fingerprint density at radius 1 is 1.34 bits per heavy atom. The van der Waals surface area contributed by atoms with Gasteiger partial charge in [0.1, 0.15) is 11.0 Å². The molecule has 3 aromatic heterocycles. The van der Waals surface area contributed by atoms with Gasteiger partial charge in [-0.05, 0) is 39.8 Å². The lowest BCUT2D eigenvalue weighted by Crippen LogP contribution is -2.42. The zero-order valence-electron chi connectivity index (χ0n) is 16.9. The van der Waals surface area contributed by atoms with Crippen molar-refractivity contribution in [3.8, 4) is 10.4 Å². The molecule has 6 nitrogen and oxygen atoms in total. The summed E-state index contributed by atoms with van der Waals surface area (Å²) in [5, 5.41) is 16.5. The molecule has 0 unspecified atom stereocenters. The van der Waals surface area contributed by atoms with Crippen molar-refractivity contribution in [2.24, 2.45) is 0 Å². The Labute approximate surface area is 173 Å². The number of halogens is 1. The van der Waals surface area contributed by atoms with Crippen molar-refractivity contribution in [1.82, 2.24) is 15.3 Å². The van der Waals surface area contributed by atoms with Crippen LogP contribution in [0, 0.1) is 0 Å². The molecule has 1 amide bonds. The molecule has 3 rings (SSSR count). The molecule has 8 heteroatoms. The number of nitrogens with zero attached hydrogens (tertiary/aromatic N) is 2. The SMILES string of the molecule is CC(C)Nc1c(C(=O)NC[C@@H](F)C(C)(C)O)cnc2sc(-c3cccnc3)cc12. The molecule has 0 saturated heterocycles. The number of anilines is 1. The van der Waals surface area contributed by atoms with Gasteiger partial charge in [-0.2, -0.15) is 0 Å². The molecule has 29 heavy (non-hydrogen) atoms. The molecule has 1 atom stereocenters. The number of carbonyl (C=O) groups is 1. The lowest BCUT2D eigenvalue weighted by Gasteiger charge is -2.23. The number of amides is 1. The Morgan fingerprint density at radius 2 is 2.10 bits per heavy atom. The minimum Gasteiger partial charge on any atom is -0.387 e. The highest BCUT2D eigenvalue weighted by Gasteiger charge is 2.27. The van der Waals surface area contributed by atoms with Crippen molar-refractivity contribution >= 4 is 33.1 Å². The van der Waals surface area contributed by atoms with Gasteiger partial charge in [0.25, 0.3) is 5.91 Å². The number of aliphatic hydroxyl groups is 1. The Bertz CT molecular complexity index is 999. The fourth-order valence-electron chi connectivity index (χ4n) is 2.78. The lowest BCUT2D eigenvalue weighted by molar-refractivity contribution is -0.00177. The van der Waals surface area contributed by atoms with Gasteiger partial charge in [-0.25, -0.2) is 9.37 Å². The number of carbonyl (C=O) groups excluding carboxylic acids is 1. The van der Waals surface area contributed by atoms with E-state index in [1.54, 1.807) is 12.4 Å². The van der Waals surface area contributed by atoms with Crippen LogP contribution < -0.4 is 10.6 Å². The fourth-order valence-corrected chi connectivity index (χ4v) is 3.78. The number of aromatic nitrogens is 2. The second kappa shape index (κ2) is 8.42. The molecular weight excluding hydrogens is 391 g/mol. The maximum Gasteiger partial charge on any atom is 0.255 e. The molecular formula is C21H25FN4O2S. The molecule has 0 aliphatic heterocycles. The highest BCUT2D eigenvalue weighted by atomic mass is 32.1. The molecule has 0 radical (unpaired) electrons. The summed E-state index contributed by atoms with van der Waals surface area (Å²) in [7, 11) is 0. The van der Waals surface area contributed by atoms with E-state index < -0.39 is 17.7 Å². The fraction of sp³-hybridized carbons (Fsp3) is 0.381. The van der Waals surface area contributed by atoms with Gasteiger partial charge in [0, 0.05) is 40.5 Å². The van der Waals surface area contributed by atoms with Crippen molar-refractivity contribution in [2.45, 2.75) is 45.5 Å². The van der Waals surface area contributed by atoms with E-state index in [9.17, 15) is 14.3 Å². The van der Waals surface area contributed by atoms with Crippen LogP contribution in [0.5, 0.6) is 0 Å². The Kier molecular flexibility index (Phi) is 6.14. The van der Waals surface area contributed by atoms with Crippen LogP contribution in [-0.2, 0) is 0 Å². The first-order chi connectivity index (χ1) is 13.7. The minimum atomic E-state index is -1.58. The monoisotopic (exact) mass is 416 g/mol. The summed E-state index contributed by atoms with van der Waals surface area (Å²) in [5.41, 5.74) is 0.445. The van der Waals surface area contributed by atoms with E-state index in [2.05, 4.69) is 20.6 Å². The molecule has 0 aliphatic rings. The molecule has 0 aliphatic carbocycles. The van der Waals surface area contributed by atoms with E-state index in [1.807, 2.05) is 32.0 Å². The van der Waals surface area contributed by atoms with E-state index in [4.69, 9.17) is 0 Å². The number of fused-ring (bicyclic) bond motifs is 1. The van der Waals surface area contributed by atoms with E-state index in [0.717, 1.165) is 20.7 Å². The first-order valence-corrected chi connectivity index (χ1v) is 10.2. The minimum absolute atomic E-state index is 0.0826. The van der Waals surface area contributed by atoms with Gasteiger partial charge in [-0.15, -0.1) is 11.3 Å². The molecule has 0 aromatic carbocycles. The standard InChI is InChI=1S/C21H25FN4O2S/c1-12(2)26-18-14-8-16(13-6-5-7-23-9-13)29-20(14)25-10-15(18)19(27)24-11-17(22)21(3,4)28/h5-10,12,17,28H,11H2,1-4H3,(H,24,27)(H,25,26)/t17-/m1/s1. The molecule has 0 bridgehead atoms. The van der Waals surface area contributed by atoms with Gasteiger partial charge in [-0.1, -0.05) is 6.07 Å². The van der Waals surface area contributed by atoms with Crippen molar-refractivity contribution in [2.75, 3.05) is 11.9 Å². The second-order valence-corrected chi connectivity index (χ2v) is 8.78. The first-order valence-electron chi connectivity index (χ1n) is 9.41. The predicted molar refractivity (Wildman–Crippen MR) is 115 cm³/mol. The second-order valence-electron chi connectivity index (χ2n) is 7.75. The van der Waals surface area contributed by atoms with E-state index in [1.165, 1.54) is 31.4 Å². The smallest absolute Gasteiger partial charge is 0.255 e. The van der Waals surface area contributed by atoms with Crippen LogP contribution in [-0.4, -0.2) is 45.3 Å². The van der Waals surface area contributed by atoms with E-state index >= 15 is 0 Å². The number of hydrogen-bond acceptors (Lipinski definition) is 6. The maximum absolute atomic E-state index is 14.0. The molecule has 0 fully saturated rings. The van der Waals surface area contributed by atoms with Crippen molar-refractivity contribution in [1.29, 1.82) is 0 Å². The predicted octanol–water partition coefficient (Wildman–Crippen LogP) is 4.02. The summed E-state index contributed by atoms with van der Waals surface area (Å²) in [6.45, 7) is 6.41. The average Bonchev–Trinajstić information content (AvgIpc) is 3.10. The highest BCUT2D eigenvalue weighted by molar-refractivity contribution is 7.21. The van der Waals surface area contributed by atoms with Crippen LogP contribution >= 0.6 is 11.3 Å². The van der Waals surface area contributed by atoms with Crippen LogP contribution in [0.4, 0.5) is 10.1 Å². The number of nitrogens with one attached hydrogen (secondary N) is 2. The van der Waals surface area contributed by atoms with Gasteiger partial charge >= 0.3 is 0 Å². The number of thiophene rings is 1. The number of rotatable bonds is 7. The van der Waals surface area contributed by atoms with Crippen molar-refractivity contribution in [3.63, 3.8) is 0 Å². The van der Waals surface area contributed by atoms with Crippen LogP contribution in [0.1, 0.15) is 38.1 Å². The average molecular weight is 417 g/mol. The third-order valence-electron chi connectivity index (χ3n) is 4.39. The normalized spacial score (nSPS) is 12.9. The zero-order chi connectivity index (χ0) is 21.2. The van der Waals surface area contributed by atoms with Gasteiger partial charge in [0.2, 0.25) is 0 Å². The lowest BCUT2D eigenvalue weighted by atomic mass is 10.0. The van der Waals surface area contributed by atoms with Crippen molar-refractivity contribution < 1.29 is 14.3 Å². The quantitative estimate of drug-likeness (QED) is 0.542. The Morgan fingerprint density at radius 3 is 2.72 bits per heavy atom. The van der Waals surface area contributed by atoms with Crippen LogP contribution in [0.2, 0.25) is 0 Å². The number of pyridine rings is 2. The van der Waals surface area contributed by atoms with Gasteiger partial charge < -0.3 is 15.7 Å². The summed E-state index contributed by atoms with van der Waals surface area (Å²) >= 11 is 1.52. The number of hydrogen-bond donors (Lipinski definition) is 3. The first kappa shape index (κ1) is 21.1. The number of alkyl halides is 1.